The van der Waals surface area contributed by atoms with E-state index in [9.17, 15) is 5.11 Å². The molecule has 2 rings (SSSR count). The summed E-state index contributed by atoms with van der Waals surface area (Å²) in [5.74, 6) is 0.575. The number of methoxy groups -OCH3 is 1. The van der Waals surface area contributed by atoms with Crippen LogP contribution >= 0.6 is 0 Å². The largest absolute Gasteiger partial charge is 0.503 e. The maximum Gasteiger partial charge on any atom is 0.181 e. The second-order valence-corrected chi connectivity index (χ2v) is 3.52. The molecule has 14 heavy (non-hydrogen) atoms. The van der Waals surface area contributed by atoms with Gasteiger partial charge < -0.3 is 20.5 Å². The second-order valence-electron chi connectivity index (χ2n) is 3.52. The Balaban J connectivity index is 2.65. The van der Waals surface area contributed by atoms with Crippen molar-refractivity contribution in [2.24, 2.45) is 0 Å². The van der Waals surface area contributed by atoms with Gasteiger partial charge in [0.15, 0.2) is 11.5 Å². The molecule has 1 aliphatic heterocycles. The molecule has 0 spiro atoms. The van der Waals surface area contributed by atoms with Gasteiger partial charge in [0, 0.05) is 24.8 Å². The quantitative estimate of drug-likeness (QED) is 0.516. The van der Waals surface area contributed by atoms with E-state index in [2.05, 4.69) is 4.90 Å². The zero-order chi connectivity index (χ0) is 10.3. The summed E-state index contributed by atoms with van der Waals surface area (Å²) in [6.45, 7) is 0.939. The number of ether oxygens (including phenoxy) is 1. The lowest BCUT2D eigenvalue weighted by Gasteiger charge is -2.15. The molecule has 0 saturated carbocycles. The molecule has 0 unspecified atom stereocenters. The number of anilines is 2. The molecule has 4 nitrogen and oxygen atoms in total. The number of fused-ring (bicyclic) bond motifs is 1. The van der Waals surface area contributed by atoms with Gasteiger partial charge in [-0.05, 0) is 12.5 Å². The first-order chi connectivity index (χ1) is 6.65. The van der Waals surface area contributed by atoms with Crippen LogP contribution in [0.1, 0.15) is 5.56 Å². The maximum absolute atomic E-state index is 9.68. The van der Waals surface area contributed by atoms with E-state index < -0.39 is 0 Å². The lowest BCUT2D eigenvalue weighted by atomic mass is 10.1. The molecule has 0 saturated heterocycles. The van der Waals surface area contributed by atoms with Gasteiger partial charge in [-0.25, -0.2) is 0 Å². The standard InChI is InChI=1S/C10H14N2O2/c1-12-4-3-6-8(12)5-7(11)9(13)10(6)14-2/h5,13H,3-4,11H2,1-2H3. The SMILES string of the molecule is COc1c(O)c(N)cc2c1CCN2C. The summed E-state index contributed by atoms with van der Waals surface area (Å²) in [5.41, 5.74) is 8.14. The normalized spacial score (nSPS) is 14.3. The minimum atomic E-state index is 0.0570. The first-order valence-electron chi connectivity index (χ1n) is 4.54. The Kier molecular flexibility index (Phi) is 1.91. The first kappa shape index (κ1) is 8.99. The highest BCUT2D eigenvalue weighted by atomic mass is 16.5. The van der Waals surface area contributed by atoms with E-state index in [4.69, 9.17) is 10.5 Å². The third kappa shape index (κ3) is 1.07. The molecule has 76 valence electrons. The number of phenols is 1. The van der Waals surface area contributed by atoms with Crippen molar-refractivity contribution in [2.75, 3.05) is 31.3 Å². The topological polar surface area (TPSA) is 58.7 Å². The minimum absolute atomic E-state index is 0.0570. The van der Waals surface area contributed by atoms with Gasteiger partial charge in [0.1, 0.15) is 0 Å². The fourth-order valence-corrected chi connectivity index (χ4v) is 1.90. The molecule has 1 aromatic rings. The van der Waals surface area contributed by atoms with E-state index in [1.165, 1.54) is 0 Å². The summed E-state index contributed by atoms with van der Waals surface area (Å²) in [7, 11) is 3.55. The number of benzene rings is 1. The summed E-state index contributed by atoms with van der Waals surface area (Å²) < 4.78 is 5.16. The number of nitrogen functional groups attached to an aromatic ring is 1. The molecular formula is C10H14N2O2. The molecule has 3 N–H and O–H groups in total. The van der Waals surface area contributed by atoms with Gasteiger partial charge in [0.25, 0.3) is 0 Å². The molecule has 0 atom stereocenters. The Bertz CT molecular complexity index is 377. The van der Waals surface area contributed by atoms with Crippen LogP contribution in [0.5, 0.6) is 11.5 Å². The molecule has 0 fully saturated rings. The maximum atomic E-state index is 9.68. The molecule has 0 bridgehead atoms. The number of nitrogens with zero attached hydrogens (tertiary/aromatic N) is 1. The number of likely N-dealkylation sites (N-methyl/N-ethyl adjacent to an activating group) is 1. The van der Waals surface area contributed by atoms with Gasteiger partial charge in [-0.3, -0.25) is 0 Å². The van der Waals surface area contributed by atoms with Crippen LogP contribution in [0.4, 0.5) is 11.4 Å². The first-order valence-corrected chi connectivity index (χ1v) is 4.54. The van der Waals surface area contributed by atoms with E-state index >= 15 is 0 Å². The van der Waals surface area contributed by atoms with Crippen LogP contribution in [0.2, 0.25) is 0 Å². The van der Waals surface area contributed by atoms with E-state index in [1.807, 2.05) is 7.05 Å². The number of hydrogen-bond donors (Lipinski definition) is 2. The van der Waals surface area contributed by atoms with Gasteiger partial charge in [0.2, 0.25) is 0 Å². The number of nitrogens with two attached hydrogens (primary N) is 1. The highest BCUT2D eigenvalue weighted by Crippen LogP contribution is 2.44. The second kappa shape index (κ2) is 2.97. The monoisotopic (exact) mass is 194 g/mol. The van der Waals surface area contributed by atoms with Crippen LogP contribution in [-0.2, 0) is 6.42 Å². The molecular weight excluding hydrogens is 180 g/mol. The smallest absolute Gasteiger partial charge is 0.181 e. The Morgan fingerprint density at radius 3 is 2.93 bits per heavy atom. The van der Waals surface area contributed by atoms with Gasteiger partial charge in [-0.15, -0.1) is 0 Å². The summed E-state index contributed by atoms with van der Waals surface area (Å²) in [4.78, 5) is 2.10. The zero-order valence-corrected chi connectivity index (χ0v) is 8.37. The molecule has 0 radical (unpaired) electrons. The van der Waals surface area contributed by atoms with Crippen molar-refractivity contribution in [3.8, 4) is 11.5 Å². The number of phenolic OH excluding ortho intramolecular Hbond substituents is 1. The Hall–Kier alpha value is -1.58. The fraction of sp³-hybridized carbons (Fsp3) is 0.400. The van der Waals surface area contributed by atoms with Crippen molar-refractivity contribution in [3.63, 3.8) is 0 Å². The Labute approximate surface area is 82.9 Å². The molecule has 0 amide bonds. The molecule has 0 aliphatic carbocycles. The zero-order valence-electron chi connectivity index (χ0n) is 8.37. The Morgan fingerprint density at radius 1 is 1.57 bits per heavy atom. The lowest BCUT2D eigenvalue weighted by molar-refractivity contribution is 0.372. The summed E-state index contributed by atoms with van der Waals surface area (Å²) >= 11 is 0. The van der Waals surface area contributed by atoms with Crippen molar-refractivity contribution < 1.29 is 9.84 Å². The van der Waals surface area contributed by atoms with Crippen molar-refractivity contribution >= 4 is 11.4 Å². The highest BCUT2D eigenvalue weighted by molar-refractivity contribution is 5.75. The molecule has 1 aromatic carbocycles. The predicted molar refractivity (Wildman–Crippen MR) is 56.0 cm³/mol. The van der Waals surface area contributed by atoms with Crippen molar-refractivity contribution in [1.82, 2.24) is 0 Å². The van der Waals surface area contributed by atoms with Crippen LogP contribution in [0.25, 0.3) is 0 Å². The van der Waals surface area contributed by atoms with Gasteiger partial charge >= 0.3 is 0 Å². The number of aromatic hydroxyl groups is 1. The van der Waals surface area contributed by atoms with Gasteiger partial charge in [-0.2, -0.15) is 0 Å². The summed E-state index contributed by atoms with van der Waals surface area (Å²) in [5, 5.41) is 9.68. The van der Waals surface area contributed by atoms with Gasteiger partial charge in [0.05, 0.1) is 12.8 Å². The van der Waals surface area contributed by atoms with E-state index in [0.29, 0.717) is 11.4 Å². The predicted octanol–water partition coefficient (Wildman–Crippen LogP) is 0.975. The summed E-state index contributed by atoms with van der Waals surface area (Å²) in [6, 6.07) is 1.79. The van der Waals surface area contributed by atoms with Crippen LogP contribution in [0, 0.1) is 0 Å². The molecule has 4 heteroatoms. The fourth-order valence-electron chi connectivity index (χ4n) is 1.90. The highest BCUT2D eigenvalue weighted by Gasteiger charge is 2.23. The molecule has 1 heterocycles. The van der Waals surface area contributed by atoms with E-state index in [0.717, 1.165) is 24.2 Å². The van der Waals surface area contributed by atoms with Crippen LogP contribution in [0.3, 0.4) is 0 Å². The lowest BCUT2D eigenvalue weighted by Crippen LogP contribution is -2.12. The van der Waals surface area contributed by atoms with Crippen LogP contribution in [-0.4, -0.2) is 25.8 Å². The number of hydrogen-bond acceptors (Lipinski definition) is 4. The average molecular weight is 194 g/mol. The molecule has 1 aliphatic rings. The van der Waals surface area contributed by atoms with Crippen LogP contribution < -0.4 is 15.4 Å². The third-order valence-corrected chi connectivity index (χ3v) is 2.68. The number of rotatable bonds is 1. The van der Waals surface area contributed by atoms with E-state index in [1.54, 1.807) is 13.2 Å². The van der Waals surface area contributed by atoms with Crippen LogP contribution in [0.15, 0.2) is 6.07 Å². The van der Waals surface area contributed by atoms with E-state index in [-0.39, 0.29) is 5.75 Å². The minimum Gasteiger partial charge on any atom is -0.503 e. The molecule has 0 aromatic heterocycles. The average Bonchev–Trinajstić information content (AvgIpc) is 2.51. The van der Waals surface area contributed by atoms with Crippen molar-refractivity contribution in [1.29, 1.82) is 0 Å². The summed E-state index contributed by atoms with van der Waals surface area (Å²) in [6.07, 6.45) is 0.892. The van der Waals surface area contributed by atoms with Crippen molar-refractivity contribution in [2.45, 2.75) is 6.42 Å². The van der Waals surface area contributed by atoms with Crippen molar-refractivity contribution in [3.05, 3.63) is 11.6 Å². The third-order valence-electron chi connectivity index (χ3n) is 2.68. The van der Waals surface area contributed by atoms with Gasteiger partial charge in [-0.1, -0.05) is 0 Å². The Morgan fingerprint density at radius 2 is 2.29 bits per heavy atom.